The van der Waals surface area contributed by atoms with Crippen molar-refractivity contribution in [1.29, 1.82) is 0 Å². The van der Waals surface area contributed by atoms with Gasteiger partial charge < -0.3 is 24.1 Å². The fraction of sp³-hybridized carbons (Fsp3) is 0.217. The molecule has 2 aromatic carbocycles. The number of carboxylic acid groups (broad SMARTS) is 1. The third-order valence-corrected chi connectivity index (χ3v) is 3.80. The topological polar surface area (TPSA) is 84.9 Å². The molecule has 0 fully saturated rings. The predicted molar refractivity (Wildman–Crippen MR) is 108 cm³/mol. The van der Waals surface area contributed by atoms with E-state index in [2.05, 4.69) is 6.58 Å². The molecule has 0 aliphatic rings. The van der Waals surface area contributed by atoms with Gasteiger partial charge in [0, 0.05) is 6.42 Å². The molecule has 6 nitrogen and oxygen atoms in total. The molecule has 152 valence electrons. The molecule has 2 rings (SSSR count). The van der Waals surface area contributed by atoms with E-state index in [-0.39, 0.29) is 35.3 Å². The first-order valence-corrected chi connectivity index (χ1v) is 9.13. The Kier molecular flexibility index (Phi) is 11.6. The number of carbonyl (C=O) groups is 2. The second-order valence-electron chi connectivity index (χ2n) is 6.06. The number of hydrogen-bond acceptors (Lipinski definition) is 6. The molecule has 0 saturated heterocycles. The van der Waals surface area contributed by atoms with Gasteiger partial charge in [0.1, 0.15) is 29.4 Å². The van der Waals surface area contributed by atoms with E-state index >= 15 is 0 Å². The van der Waals surface area contributed by atoms with E-state index in [4.69, 9.17) is 14.2 Å². The Balaban J connectivity index is 0.00000450. The Morgan fingerprint density at radius 1 is 1.00 bits per heavy atom. The summed E-state index contributed by atoms with van der Waals surface area (Å²) in [6, 6.07) is 12.2. The number of rotatable bonds is 12. The van der Waals surface area contributed by atoms with Crippen molar-refractivity contribution in [2.45, 2.75) is 13.3 Å². The zero-order valence-electron chi connectivity index (χ0n) is 17.3. The summed E-state index contributed by atoms with van der Waals surface area (Å²) in [6.45, 7) is 6.18. The average molecular weight is 418 g/mol. The maximum absolute atomic E-state index is 12.0. The molecule has 0 spiro atoms. The molecule has 30 heavy (non-hydrogen) atoms. The van der Waals surface area contributed by atoms with Crippen molar-refractivity contribution in [2.75, 3.05) is 19.8 Å². The fourth-order valence-corrected chi connectivity index (χ4v) is 2.52. The van der Waals surface area contributed by atoms with Gasteiger partial charge >= 0.3 is 29.6 Å². The Hall–Kier alpha value is -2.54. The molecule has 0 amide bonds. The minimum atomic E-state index is -1.24. The predicted octanol–water partition coefficient (Wildman–Crippen LogP) is 0.0690. The third kappa shape index (κ3) is 8.45. The molecule has 7 heteroatoms. The van der Waals surface area contributed by atoms with Gasteiger partial charge in [-0.15, -0.1) is 0 Å². The van der Waals surface area contributed by atoms with Crippen LogP contribution in [0.3, 0.4) is 0 Å². The van der Waals surface area contributed by atoms with Crippen LogP contribution in [0.2, 0.25) is 0 Å². The Bertz CT molecular complexity index is 874. The van der Waals surface area contributed by atoms with Gasteiger partial charge in [0.2, 0.25) is 0 Å². The minimum absolute atomic E-state index is 0. The molecular weight excluding hydrogens is 395 g/mol. The van der Waals surface area contributed by atoms with E-state index in [9.17, 15) is 14.7 Å². The Morgan fingerprint density at radius 3 is 2.23 bits per heavy atom. The minimum Gasteiger partial charge on any atom is -0.545 e. The summed E-state index contributed by atoms with van der Waals surface area (Å²) < 4.78 is 16.9. The van der Waals surface area contributed by atoms with E-state index in [1.807, 2.05) is 0 Å². The van der Waals surface area contributed by atoms with Crippen LogP contribution in [0.5, 0.6) is 17.2 Å². The zero-order chi connectivity index (χ0) is 21.1. The Labute approximate surface area is 198 Å². The van der Waals surface area contributed by atoms with Gasteiger partial charge in [0.15, 0.2) is 5.78 Å². The van der Waals surface area contributed by atoms with Crippen molar-refractivity contribution in [3.63, 3.8) is 0 Å². The largest absolute Gasteiger partial charge is 1.00 e. The molecule has 0 atom stereocenters. The summed E-state index contributed by atoms with van der Waals surface area (Å²) in [5.41, 5.74) is 1.15. The van der Waals surface area contributed by atoms with Gasteiger partial charge in [-0.25, -0.2) is 0 Å². The van der Waals surface area contributed by atoms with Crippen LogP contribution >= 0.6 is 0 Å². The van der Waals surface area contributed by atoms with Crippen LogP contribution in [-0.2, 0) is 4.79 Å². The third-order valence-electron chi connectivity index (χ3n) is 3.80. The summed E-state index contributed by atoms with van der Waals surface area (Å²) in [6.07, 6.45) is 4.65. The maximum atomic E-state index is 12.0. The summed E-state index contributed by atoms with van der Waals surface area (Å²) in [7, 11) is 0. The van der Waals surface area contributed by atoms with Crippen molar-refractivity contribution < 1.29 is 58.5 Å². The van der Waals surface area contributed by atoms with Crippen molar-refractivity contribution >= 4 is 17.8 Å². The molecule has 0 bridgehead atoms. The van der Waals surface area contributed by atoms with Crippen LogP contribution in [0.25, 0.3) is 6.08 Å². The van der Waals surface area contributed by atoms with E-state index in [1.165, 1.54) is 13.0 Å². The van der Waals surface area contributed by atoms with Gasteiger partial charge in [-0.3, -0.25) is 4.79 Å². The molecule has 0 aliphatic heterocycles. The van der Waals surface area contributed by atoms with Gasteiger partial charge in [-0.05, 0) is 42.8 Å². The summed E-state index contributed by atoms with van der Waals surface area (Å²) >= 11 is 0. The number of aliphatic carboxylic acids is 1. The average Bonchev–Trinajstić information content (AvgIpc) is 2.71. The Morgan fingerprint density at radius 2 is 1.63 bits per heavy atom. The van der Waals surface area contributed by atoms with Crippen molar-refractivity contribution in [1.82, 2.24) is 0 Å². The molecule has 0 aromatic heterocycles. The number of Topliss-reactive ketones (excluding diaryl/α,β-unsaturated/α-hetero) is 1. The van der Waals surface area contributed by atoms with Crippen LogP contribution in [0.1, 0.15) is 29.3 Å². The van der Waals surface area contributed by atoms with Gasteiger partial charge in [-0.1, -0.05) is 36.9 Å². The smallest absolute Gasteiger partial charge is 0.545 e. The number of carbonyl (C=O) groups excluding carboxylic acids is 2. The normalized spacial score (nSPS) is 10.2. The number of ether oxygens (including phenoxy) is 3. The molecule has 0 unspecified atom stereocenters. The second-order valence-corrected chi connectivity index (χ2v) is 6.06. The number of ketones is 1. The van der Waals surface area contributed by atoms with E-state index in [0.29, 0.717) is 49.1 Å². The van der Waals surface area contributed by atoms with Crippen LogP contribution in [0, 0.1) is 0 Å². The van der Waals surface area contributed by atoms with Gasteiger partial charge in [0.05, 0.1) is 19.2 Å². The van der Waals surface area contributed by atoms with Crippen molar-refractivity contribution in [3.8, 4) is 17.2 Å². The monoisotopic (exact) mass is 418 g/mol. The van der Waals surface area contributed by atoms with Crippen LogP contribution in [0.4, 0.5) is 0 Å². The van der Waals surface area contributed by atoms with Gasteiger partial charge in [0.25, 0.3) is 0 Å². The van der Waals surface area contributed by atoms with Gasteiger partial charge in [-0.2, -0.15) is 0 Å². The second kappa shape index (κ2) is 13.6. The summed E-state index contributed by atoms with van der Waals surface area (Å²) in [5.74, 6) is 0.238. The molecule has 2 aromatic rings. The molecule has 0 radical (unpaired) electrons. The molecule has 0 aliphatic carbocycles. The maximum Gasteiger partial charge on any atom is 1.00 e. The SMILES string of the molecule is C=CCOc1cccc(OCCCOc2ccc(C=CC(=O)[O-])cc2)c1C(C)=O.[Na+]. The summed E-state index contributed by atoms with van der Waals surface area (Å²) in [4.78, 5) is 22.4. The van der Waals surface area contributed by atoms with E-state index in [1.54, 1.807) is 48.5 Å². The fourth-order valence-electron chi connectivity index (χ4n) is 2.52. The number of hydrogen-bond donors (Lipinski definition) is 0. The summed E-state index contributed by atoms with van der Waals surface area (Å²) in [5, 5.41) is 10.4. The number of carboxylic acids is 1. The van der Waals surface area contributed by atoms with Crippen LogP contribution in [0.15, 0.2) is 61.2 Å². The zero-order valence-corrected chi connectivity index (χ0v) is 19.3. The first-order chi connectivity index (χ1) is 14.0. The molecule has 0 saturated carbocycles. The van der Waals surface area contributed by atoms with E-state index in [0.717, 1.165) is 11.6 Å². The first kappa shape index (κ1) is 25.5. The standard InChI is InChI=1S/C23H24O6.Na/c1-3-14-28-20-6-4-7-21(23(20)17(2)24)29-16-5-15-27-19-11-8-18(9-12-19)10-13-22(25)26;/h3-4,6-13H,1,5,14-16H2,2H3,(H,25,26);/q;+1/p-1. The number of benzene rings is 2. The van der Waals surface area contributed by atoms with Crippen molar-refractivity contribution in [3.05, 3.63) is 72.3 Å². The first-order valence-electron chi connectivity index (χ1n) is 9.13. The quantitative estimate of drug-likeness (QED) is 0.159. The van der Waals surface area contributed by atoms with Crippen LogP contribution < -0.4 is 48.9 Å². The van der Waals surface area contributed by atoms with Crippen molar-refractivity contribution in [2.24, 2.45) is 0 Å². The molecule has 0 heterocycles. The van der Waals surface area contributed by atoms with Crippen LogP contribution in [-0.4, -0.2) is 31.6 Å². The molecular formula is C23H23NaO6. The van der Waals surface area contributed by atoms with E-state index < -0.39 is 5.97 Å². The molecule has 0 N–H and O–H groups in total.